The number of ether oxygens (including phenoxy) is 1. The topological polar surface area (TPSA) is 21.3 Å². The van der Waals surface area contributed by atoms with Gasteiger partial charge < -0.3 is 0 Å². The summed E-state index contributed by atoms with van der Waals surface area (Å²) in [6.07, 6.45) is 2.11. The molecule has 2 nitrogen and oxygen atoms in total. The van der Waals surface area contributed by atoms with Gasteiger partial charge in [0.25, 0.3) is 0 Å². The Labute approximate surface area is 63.5 Å². The molecule has 9 heavy (non-hydrogen) atoms. The first-order chi connectivity index (χ1) is 4.36. The van der Waals surface area contributed by atoms with Crippen LogP contribution in [0.4, 0.5) is 0 Å². The van der Waals surface area contributed by atoms with Crippen LogP contribution in [0, 0.1) is 0 Å². The summed E-state index contributed by atoms with van der Waals surface area (Å²) in [5.41, 5.74) is 0. The molecule has 0 aromatic carbocycles. The minimum atomic E-state index is -1.46. The molecule has 0 unspecified atom stereocenters. The van der Waals surface area contributed by atoms with E-state index < -0.39 is 21.7 Å². The van der Waals surface area contributed by atoms with Gasteiger partial charge in [-0.3, -0.25) is 0 Å². The van der Waals surface area contributed by atoms with Crippen LogP contribution in [0.15, 0.2) is 22.4 Å². The number of methoxy groups -OCH3 is 1. The van der Waals surface area contributed by atoms with Crippen molar-refractivity contribution < 1.29 is 4.74 Å². The zero-order chi connectivity index (χ0) is 6.69. The molecule has 1 N–H and O–H groups in total. The van der Waals surface area contributed by atoms with Crippen LogP contribution in [0.3, 0.4) is 0 Å². The molecule has 48 valence electrons. The summed E-state index contributed by atoms with van der Waals surface area (Å²) in [6, 6.07) is 0. The molecule has 0 aliphatic carbocycles. The van der Waals surface area contributed by atoms with E-state index in [1.165, 1.54) is 4.18 Å². The zero-order valence-electron chi connectivity index (χ0n) is 5.55. The SMILES string of the molecule is C=[CH][In]1[CH2]C=C(OC)[NH]1. The van der Waals surface area contributed by atoms with Crippen LogP contribution in [0.1, 0.15) is 0 Å². The Morgan fingerprint density at radius 3 is 3.11 bits per heavy atom. The van der Waals surface area contributed by atoms with Gasteiger partial charge in [-0.05, 0) is 0 Å². The molecule has 1 aliphatic heterocycles. The number of allylic oxidation sites excluding steroid dienone is 1. The number of hydrogen-bond acceptors (Lipinski definition) is 2. The van der Waals surface area contributed by atoms with Gasteiger partial charge in [0.2, 0.25) is 0 Å². The fourth-order valence-electron chi connectivity index (χ4n) is 0.832. The molecule has 1 aliphatic rings. The quantitative estimate of drug-likeness (QED) is 0.753. The summed E-state index contributed by atoms with van der Waals surface area (Å²) in [6.45, 7) is 3.75. The molecule has 0 fully saturated rings. The fraction of sp³-hybridized carbons (Fsp3) is 0.333. The first-order valence-electron chi connectivity index (χ1n) is 3.00. The van der Waals surface area contributed by atoms with Gasteiger partial charge in [-0.1, -0.05) is 0 Å². The van der Waals surface area contributed by atoms with E-state index in [9.17, 15) is 0 Å². The van der Waals surface area contributed by atoms with Gasteiger partial charge in [0.15, 0.2) is 0 Å². The van der Waals surface area contributed by atoms with E-state index in [4.69, 9.17) is 4.74 Å². The van der Waals surface area contributed by atoms with Crippen molar-refractivity contribution in [2.24, 2.45) is 0 Å². The average molecular weight is 227 g/mol. The third kappa shape index (κ3) is 1.68. The van der Waals surface area contributed by atoms with Gasteiger partial charge in [-0.2, -0.15) is 0 Å². The Hall–Kier alpha value is -0.0499. The third-order valence-electron chi connectivity index (χ3n) is 1.39. The fourth-order valence-corrected chi connectivity index (χ4v) is 5.11. The second-order valence-electron chi connectivity index (χ2n) is 1.99. The van der Waals surface area contributed by atoms with Crippen LogP contribution in [-0.2, 0) is 4.74 Å². The molecule has 0 bridgehead atoms. The predicted octanol–water partition coefficient (Wildman–Crippen LogP) is 0.794. The van der Waals surface area contributed by atoms with Crippen molar-refractivity contribution in [3.05, 3.63) is 22.4 Å². The summed E-state index contributed by atoms with van der Waals surface area (Å²) in [4.78, 5) is 0. The van der Waals surface area contributed by atoms with Crippen molar-refractivity contribution in [3.63, 3.8) is 0 Å². The van der Waals surface area contributed by atoms with E-state index in [0.29, 0.717) is 0 Å². The Morgan fingerprint density at radius 2 is 2.78 bits per heavy atom. The van der Waals surface area contributed by atoms with Crippen molar-refractivity contribution in [2.45, 2.75) is 4.18 Å². The van der Waals surface area contributed by atoms with Crippen LogP contribution in [0.5, 0.6) is 0 Å². The molecule has 0 aromatic heterocycles. The second kappa shape index (κ2) is 3.20. The first kappa shape index (κ1) is 7.06. The maximum atomic E-state index is 5.00. The molecule has 0 saturated heterocycles. The summed E-state index contributed by atoms with van der Waals surface area (Å²) in [7, 11) is 1.69. The van der Waals surface area contributed by atoms with E-state index in [-0.39, 0.29) is 0 Å². The van der Waals surface area contributed by atoms with E-state index in [0.717, 1.165) is 5.88 Å². The van der Waals surface area contributed by atoms with Crippen molar-refractivity contribution >= 4 is 21.7 Å². The molecule has 0 atom stereocenters. The van der Waals surface area contributed by atoms with Crippen molar-refractivity contribution in [3.8, 4) is 0 Å². The van der Waals surface area contributed by atoms with Gasteiger partial charge in [0.1, 0.15) is 0 Å². The summed E-state index contributed by atoms with van der Waals surface area (Å²) >= 11 is -1.46. The standard InChI is InChI=1S/C4H7NO.C2H3.In/c1-3-4(5)6-2;1-2;/h3,5H,1H2,2H3;1H,2H2;/q-1;;+1. The monoisotopic (exact) mass is 227 g/mol. The average Bonchev–Trinajstić information content (AvgIpc) is 2.34. The number of nitrogens with one attached hydrogen (secondary N) is 1. The van der Waals surface area contributed by atoms with Crippen molar-refractivity contribution in [1.29, 1.82) is 0 Å². The molecular weight excluding hydrogens is 217 g/mol. The Kier molecular flexibility index (Phi) is 2.51. The Morgan fingerprint density at radius 1 is 2.00 bits per heavy atom. The Balaban J connectivity index is 2.39. The van der Waals surface area contributed by atoms with E-state index in [1.807, 2.05) is 0 Å². The van der Waals surface area contributed by atoms with Crippen molar-refractivity contribution in [2.75, 3.05) is 7.11 Å². The van der Waals surface area contributed by atoms with Crippen LogP contribution in [0.25, 0.3) is 0 Å². The van der Waals surface area contributed by atoms with Gasteiger partial charge in [-0.25, -0.2) is 0 Å². The minimum absolute atomic E-state index is 0.954. The van der Waals surface area contributed by atoms with Crippen LogP contribution in [-0.4, -0.2) is 28.8 Å². The molecular formula is C6H10InNO. The number of hydrogen-bond donors (Lipinski definition) is 1. The van der Waals surface area contributed by atoms with Gasteiger partial charge in [0.05, 0.1) is 0 Å². The molecule has 1 heterocycles. The van der Waals surface area contributed by atoms with Crippen LogP contribution < -0.4 is 3.30 Å². The van der Waals surface area contributed by atoms with E-state index in [1.54, 1.807) is 7.11 Å². The van der Waals surface area contributed by atoms with Crippen LogP contribution in [0.2, 0.25) is 4.18 Å². The maximum absolute atomic E-state index is 5.00. The molecule has 0 spiro atoms. The summed E-state index contributed by atoms with van der Waals surface area (Å²) in [5.74, 6) is 0.954. The van der Waals surface area contributed by atoms with Gasteiger partial charge >= 0.3 is 63.4 Å². The predicted molar refractivity (Wildman–Crippen MR) is 39.0 cm³/mol. The molecule has 0 amide bonds. The zero-order valence-corrected chi connectivity index (χ0v) is 8.85. The third-order valence-corrected chi connectivity index (χ3v) is 7.01. The number of rotatable bonds is 2. The van der Waals surface area contributed by atoms with Gasteiger partial charge in [-0.15, -0.1) is 0 Å². The second-order valence-corrected chi connectivity index (χ2v) is 8.97. The normalized spacial score (nSPS) is 16.6. The van der Waals surface area contributed by atoms with E-state index in [2.05, 4.69) is 19.8 Å². The molecule has 0 saturated carbocycles. The first-order valence-corrected chi connectivity index (χ1v) is 8.88. The Bertz CT molecular complexity index is 144. The van der Waals surface area contributed by atoms with Gasteiger partial charge in [0, 0.05) is 0 Å². The molecule has 1 rings (SSSR count). The molecule has 0 aromatic rings. The summed E-state index contributed by atoms with van der Waals surface area (Å²) < 4.78 is 11.6. The molecule has 0 radical (unpaired) electrons. The van der Waals surface area contributed by atoms with E-state index >= 15 is 0 Å². The van der Waals surface area contributed by atoms with Crippen LogP contribution >= 0.6 is 0 Å². The van der Waals surface area contributed by atoms with Crippen molar-refractivity contribution in [1.82, 2.24) is 3.30 Å². The summed E-state index contributed by atoms with van der Waals surface area (Å²) in [5, 5.41) is 0. The molecule has 3 heteroatoms.